The lowest BCUT2D eigenvalue weighted by Gasteiger charge is -2.21. The van der Waals surface area contributed by atoms with Gasteiger partial charge in [0, 0.05) is 31.1 Å². The Hall–Kier alpha value is -1.79. The molecule has 2 heterocycles. The van der Waals surface area contributed by atoms with Gasteiger partial charge >= 0.3 is 0 Å². The van der Waals surface area contributed by atoms with Crippen LogP contribution in [0.2, 0.25) is 0 Å². The molecule has 2 aromatic rings. The summed E-state index contributed by atoms with van der Waals surface area (Å²) in [6.45, 7) is 9.11. The number of hydrogen-bond donors (Lipinski definition) is 1. The number of thioether (sulfide) groups is 1. The van der Waals surface area contributed by atoms with Gasteiger partial charge in [0.25, 0.3) is 5.91 Å². The monoisotopic (exact) mass is 372 g/mol. The summed E-state index contributed by atoms with van der Waals surface area (Å²) in [6.07, 6.45) is 3.11. The highest BCUT2D eigenvalue weighted by Crippen LogP contribution is 2.20. The van der Waals surface area contributed by atoms with Crippen molar-refractivity contribution in [3.8, 4) is 0 Å². The first-order valence-corrected chi connectivity index (χ1v) is 10.5. The van der Waals surface area contributed by atoms with E-state index in [1.54, 1.807) is 11.8 Å². The summed E-state index contributed by atoms with van der Waals surface area (Å²) in [7, 11) is 0. The molecule has 3 rings (SSSR count). The van der Waals surface area contributed by atoms with Crippen LogP contribution >= 0.6 is 11.8 Å². The number of fused-ring (bicyclic) bond motifs is 1. The predicted octanol–water partition coefficient (Wildman–Crippen LogP) is 3.40. The number of benzene rings is 1. The molecule has 0 atom stereocenters. The highest BCUT2D eigenvalue weighted by atomic mass is 32.2. The van der Waals surface area contributed by atoms with E-state index in [1.165, 1.54) is 5.69 Å². The van der Waals surface area contributed by atoms with E-state index in [2.05, 4.69) is 34.8 Å². The Bertz CT molecular complexity index is 756. The van der Waals surface area contributed by atoms with E-state index in [-0.39, 0.29) is 5.91 Å². The summed E-state index contributed by atoms with van der Waals surface area (Å²) in [5.41, 5.74) is 2.90. The van der Waals surface area contributed by atoms with Crippen LogP contribution in [0, 0.1) is 5.92 Å². The molecular weight excluding hydrogens is 344 g/mol. The molecule has 6 heteroatoms. The van der Waals surface area contributed by atoms with Crippen molar-refractivity contribution in [2.75, 3.05) is 19.3 Å². The van der Waals surface area contributed by atoms with E-state index in [0.717, 1.165) is 48.8 Å². The Labute approximate surface area is 160 Å². The summed E-state index contributed by atoms with van der Waals surface area (Å²) >= 11 is 1.59. The number of nitrogens with zero attached hydrogens (tertiary/aromatic N) is 3. The Morgan fingerprint density at radius 2 is 2.12 bits per heavy atom. The zero-order valence-corrected chi connectivity index (χ0v) is 16.7. The molecule has 0 saturated heterocycles. The van der Waals surface area contributed by atoms with Gasteiger partial charge in [-0.1, -0.05) is 26.0 Å². The van der Waals surface area contributed by atoms with Crippen LogP contribution in [-0.4, -0.2) is 39.9 Å². The molecule has 1 aliphatic heterocycles. The highest BCUT2D eigenvalue weighted by Gasteiger charge is 2.18. The van der Waals surface area contributed by atoms with Crippen molar-refractivity contribution in [2.45, 2.75) is 44.8 Å². The molecule has 1 N–H and O–H groups in total. The lowest BCUT2D eigenvalue weighted by molar-refractivity contribution is 0.0947. The minimum Gasteiger partial charge on any atom is -0.346 e. The molecule has 1 aliphatic rings. The molecule has 0 aliphatic carbocycles. The zero-order chi connectivity index (χ0) is 18.5. The second kappa shape index (κ2) is 8.73. The first-order valence-electron chi connectivity index (χ1n) is 9.26. The van der Waals surface area contributed by atoms with Crippen LogP contribution in [-0.2, 0) is 19.6 Å². The normalized spacial score (nSPS) is 14.9. The van der Waals surface area contributed by atoms with Gasteiger partial charge in [-0.15, -0.1) is 11.8 Å². The molecule has 1 aromatic carbocycles. The predicted molar refractivity (Wildman–Crippen MR) is 106 cm³/mol. The molecule has 0 spiro atoms. The van der Waals surface area contributed by atoms with Gasteiger partial charge in [-0.3, -0.25) is 14.4 Å². The molecule has 0 fully saturated rings. The summed E-state index contributed by atoms with van der Waals surface area (Å²) < 4.78 is 2.11. The fourth-order valence-electron chi connectivity index (χ4n) is 3.44. The number of aromatic nitrogens is 2. The van der Waals surface area contributed by atoms with Crippen molar-refractivity contribution in [1.82, 2.24) is 20.0 Å². The molecule has 0 unspecified atom stereocenters. The third kappa shape index (κ3) is 4.68. The van der Waals surface area contributed by atoms with Gasteiger partial charge in [0.15, 0.2) is 0 Å². The van der Waals surface area contributed by atoms with E-state index >= 15 is 0 Å². The molecule has 1 aromatic heterocycles. The maximum absolute atomic E-state index is 12.5. The zero-order valence-electron chi connectivity index (χ0n) is 15.9. The quantitative estimate of drug-likeness (QED) is 0.790. The molecule has 1 amide bonds. The molecule has 140 valence electrons. The van der Waals surface area contributed by atoms with E-state index < -0.39 is 0 Å². The van der Waals surface area contributed by atoms with Gasteiger partial charge in [0.1, 0.15) is 0 Å². The standard InChI is InChI=1S/C20H28N4OS/c1-15(2)13-23-9-6-10-24-17(14-23)11-16(22-24)12-21-20(25)18-7-4-5-8-19(18)26-3/h4-5,7-8,11,15H,6,9-10,12-14H2,1-3H3,(H,21,25). The molecule has 5 nitrogen and oxygen atoms in total. The van der Waals surface area contributed by atoms with E-state index in [4.69, 9.17) is 5.10 Å². The SMILES string of the molecule is CSc1ccccc1C(=O)NCc1cc2n(n1)CCCN(CC(C)C)C2. The van der Waals surface area contributed by atoms with Gasteiger partial charge in [0.2, 0.25) is 0 Å². The van der Waals surface area contributed by atoms with Crippen LogP contribution in [0.1, 0.15) is 42.0 Å². The fraction of sp³-hybridized carbons (Fsp3) is 0.500. The Balaban J connectivity index is 1.64. The topological polar surface area (TPSA) is 50.2 Å². The van der Waals surface area contributed by atoms with Crippen LogP contribution in [0.25, 0.3) is 0 Å². The number of carbonyl (C=O) groups is 1. The lowest BCUT2D eigenvalue weighted by Crippen LogP contribution is -2.27. The number of amides is 1. The number of aryl methyl sites for hydroxylation is 1. The first-order chi connectivity index (χ1) is 12.6. The highest BCUT2D eigenvalue weighted by molar-refractivity contribution is 7.98. The summed E-state index contributed by atoms with van der Waals surface area (Å²) in [6, 6.07) is 9.84. The van der Waals surface area contributed by atoms with E-state index in [0.29, 0.717) is 12.5 Å². The minimum atomic E-state index is -0.0421. The van der Waals surface area contributed by atoms with Crippen LogP contribution < -0.4 is 5.32 Å². The lowest BCUT2D eigenvalue weighted by atomic mass is 10.2. The fourth-order valence-corrected chi connectivity index (χ4v) is 4.04. The van der Waals surface area contributed by atoms with Crippen molar-refractivity contribution in [1.29, 1.82) is 0 Å². The smallest absolute Gasteiger partial charge is 0.252 e. The summed E-state index contributed by atoms with van der Waals surface area (Å²) in [4.78, 5) is 16.0. The van der Waals surface area contributed by atoms with E-state index in [9.17, 15) is 4.79 Å². The number of carbonyl (C=O) groups excluding carboxylic acids is 1. The molecule has 0 saturated carbocycles. The number of hydrogen-bond acceptors (Lipinski definition) is 4. The second-order valence-corrected chi connectivity index (χ2v) is 8.06. The molecule has 0 bridgehead atoms. The van der Waals surface area contributed by atoms with Crippen LogP contribution in [0.5, 0.6) is 0 Å². The van der Waals surface area contributed by atoms with Gasteiger partial charge in [0.05, 0.1) is 23.5 Å². The van der Waals surface area contributed by atoms with Crippen molar-refractivity contribution < 1.29 is 4.79 Å². The van der Waals surface area contributed by atoms with Gasteiger partial charge < -0.3 is 5.32 Å². The molecular formula is C20H28N4OS. The van der Waals surface area contributed by atoms with Crippen molar-refractivity contribution in [3.63, 3.8) is 0 Å². The molecule has 0 radical (unpaired) electrons. The summed E-state index contributed by atoms with van der Waals surface area (Å²) in [5, 5.41) is 7.72. The maximum Gasteiger partial charge on any atom is 0.252 e. The third-order valence-electron chi connectivity index (χ3n) is 4.55. The van der Waals surface area contributed by atoms with Gasteiger partial charge in [-0.2, -0.15) is 5.10 Å². The Morgan fingerprint density at radius 1 is 1.31 bits per heavy atom. The second-order valence-electron chi connectivity index (χ2n) is 7.22. The third-order valence-corrected chi connectivity index (χ3v) is 5.34. The van der Waals surface area contributed by atoms with Crippen molar-refractivity contribution in [2.24, 2.45) is 5.92 Å². The average Bonchev–Trinajstić information content (AvgIpc) is 2.91. The van der Waals surface area contributed by atoms with Gasteiger partial charge in [-0.05, 0) is 36.8 Å². The minimum absolute atomic E-state index is 0.0421. The van der Waals surface area contributed by atoms with Crippen molar-refractivity contribution in [3.05, 3.63) is 47.3 Å². The van der Waals surface area contributed by atoms with E-state index in [1.807, 2.05) is 30.5 Å². The summed E-state index contributed by atoms with van der Waals surface area (Å²) in [5.74, 6) is 0.624. The van der Waals surface area contributed by atoms with Crippen LogP contribution in [0.15, 0.2) is 35.2 Å². The largest absolute Gasteiger partial charge is 0.346 e. The molecule has 26 heavy (non-hydrogen) atoms. The van der Waals surface area contributed by atoms with Gasteiger partial charge in [-0.25, -0.2) is 0 Å². The number of nitrogens with one attached hydrogen (secondary N) is 1. The maximum atomic E-state index is 12.5. The van der Waals surface area contributed by atoms with Crippen LogP contribution in [0.4, 0.5) is 0 Å². The Kier molecular flexibility index (Phi) is 6.38. The Morgan fingerprint density at radius 3 is 2.88 bits per heavy atom. The number of rotatable bonds is 6. The first kappa shape index (κ1) is 19.0. The average molecular weight is 373 g/mol. The van der Waals surface area contributed by atoms with Crippen molar-refractivity contribution >= 4 is 17.7 Å². The van der Waals surface area contributed by atoms with Crippen LogP contribution in [0.3, 0.4) is 0 Å².